The highest BCUT2D eigenvalue weighted by Gasteiger charge is 2.05. The molecule has 0 bridgehead atoms. The van der Waals surface area contributed by atoms with E-state index >= 15 is 0 Å². The van der Waals surface area contributed by atoms with Gasteiger partial charge < -0.3 is 5.32 Å². The molecular formula is C7H19N. The van der Waals surface area contributed by atoms with Crippen molar-refractivity contribution in [1.29, 1.82) is 0 Å². The Morgan fingerprint density at radius 3 is 2.00 bits per heavy atom. The molecule has 0 fully saturated rings. The Kier molecular flexibility index (Phi) is 3.06. The quantitative estimate of drug-likeness (QED) is 0.583. The van der Waals surface area contributed by atoms with Crippen molar-refractivity contribution in [3.8, 4) is 0 Å². The molecule has 0 saturated heterocycles. The summed E-state index contributed by atoms with van der Waals surface area (Å²) in [4.78, 5) is 0. The molecule has 0 rings (SSSR count). The van der Waals surface area contributed by atoms with Gasteiger partial charge in [0, 0.05) is 6.97 Å². The first-order valence-corrected chi connectivity index (χ1v) is 3.31. The summed E-state index contributed by atoms with van der Waals surface area (Å²) in [6.45, 7) is 9.86. The van der Waals surface area contributed by atoms with Gasteiger partial charge in [-0.1, -0.05) is 6.92 Å². The predicted octanol–water partition coefficient (Wildman–Crippen LogP) is 2.03. The van der Waals surface area contributed by atoms with Crippen LogP contribution in [0.3, 0.4) is 0 Å². The SMILES string of the molecule is CCCNC(C)(C)C.[HH]. The number of hydrogen-bond donors (Lipinski definition) is 1. The van der Waals surface area contributed by atoms with Crippen LogP contribution in [0, 0.1) is 0 Å². The standard InChI is InChI=1S/C7H17N.H2/c1-5-6-8-7(2,3)4;/h8H,5-6H2,1-4H3;1H. The molecule has 52 valence electrons. The molecule has 0 aliphatic carbocycles. The minimum absolute atomic E-state index is 0. The van der Waals surface area contributed by atoms with Gasteiger partial charge in [-0.15, -0.1) is 0 Å². The molecule has 0 aromatic carbocycles. The number of hydrogen-bond acceptors (Lipinski definition) is 1. The van der Waals surface area contributed by atoms with Crippen LogP contribution in [-0.4, -0.2) is 12.1 Å². The van der Waals surface area contributed by atoms with E-state index in [0.717, 1.165) is 6.54 Å². The summed E-state index contributed by atoms with van der Waals surface area (Å²) in [7, 11) is 0. The third-order valence-corrected chi connectivity index (χ3v) is 0.905. The molecule has 0 amide bonds. The third kappa shape index (κ3) is 5.96. The maximum Gasteiger partial charge on any atom is 0.00965 e. The zero-order valence-corrected chi connectivity index (χ0v) is 6.41. The lowest BCUT2D eigenvalue weighted by molar-refractivity contribution is 0.427. The molecular weight excluding hydrogens is 98.1 g/mol. The highest BCUT2D eigenvalue weighted by atomic mass is 14.9. The zero-order valence-electron chi connectivity index (χ0n) is 6.41. The van der Waals surface area contributed by atoms with Gasteiger partial charge in [0.2, 0.25) is 0 Å². The fourth-order valence-corrected chi connectivity index (χ4v) is 0.500. The van der Waals surface area contributed by atoms with E-state index in [0.29, 0.717) is 5.54 Å². The van der Waals surface area contributed by atoms with Gasteiger partial charge >= 0.3 is 0 Å². The van der Waals surface area contributed by atoms with Gasteiger partial charge in [0.05, 0.1) is 0 Å². The van der Waals surface area contributed by atoms with Crippen LogP contribution in [0.5, 0.6) is 0 Å². The predicted molar refractivity (Wildman–Crippen MR) is 40.2 cm³/mol. The first-order valence-electron chi connectivity index (χ1n) is 3.31. The monoisotopic (exact) mass is 117 g/mol. The molecule has 1 heteroatoms. The molecule has 0 heterocycles. The molecule has 0 aromatic heterocycles. The van der Waals surface area contributed by atoms with Crippen molar-refractivity contribution in [2.24, 2.45) is 0 Å². The third-order valence-electron chi connectivity index (χ3n) is 0.905. The fraction of sp³-hybridized carbons (Fsp3) is 1.00. The molecule has 0 unspecified atom stereocenters. The molecule has 1 nitrogen and oxygen atoms in total. The van der Waals surface area contributed by atoms with Gasteiger partial charge in [-0.2, -0.15) is 0 Å². The van der Waals surface area contributed by atoms with Crippen molar-refractivity contribution in [2.75, 3.05) is 6.54 Å². The van der Waals surface area contributed by atoms with Crippen LogP contribution in [0.25, 0.3) is 0 Å². The van der Waals surface area contributed by atoms with Gasteiger partial charge in [0.1, 0.15) is 0 Å². The second-order valence-electron chi connectivity index (χ2n) is 3.18. The molecule has 0 spiro atoms. The average molecular weight is 117 g/mol. The van der Waals surface area contributed by atoms with Crippen molar-refractivity contribution in [2.45, 2.75) is 39.7 Å². The highest BCUT2D eigenvalue weighted by Crippen LogP contribution is 1.96. The van der Waals surface area contributed by atoms with E-state index in [9.17, 15) is 0 Å². The van der Waals surface area contributed by atoms with Gasteiger partial charge in [-0.05, 0) is 33.7 Å². The lowest BCUT2D eigenvalue weighted by Gasteiger charge is -2.19. The van der Waals surface area contributed by atoms with Crippen molar-refractivity contribution in [3.63, 3.8) is 0 Å². The summed E-state index contributed by atoms with van der Waals surface area (Å²) in [5.74, 6) is 0. The minimum atomic E-state index is 0. The summed E-state index contributed by atoms with van der Waals surface area (Å²) >= 11 is 0. The van der Waals surface area contributed by atoms with E-state index in [1.165, 1.54) is 6.42 Å². The Bertz CT molecular complexity index is 56.4. The van der Waals surface area contributed by atoms with Crippen molar-refractivity contribution in [1.82, 2.24) is 5.32 Å². The molecule has 0 aliphatic heterocycles. The summed E-state index contributed by atoms with van der Waals surface area (Å²) in [5, 5.41) is 3.37. The Morgan fingerprint density at radius 1 is 1.38 bits per heavy atom. The summed E-state index contributed by atoms with van der Waals surface area (Å²) in [6, 6.07) is 0. The summed E-state index contributed by atoms with van der Waals surface area (Å²) in [5.41, 5.74) is 0.302. The number of nitrogens with one attached hydrogen (secondary N) is 1. The van der Waals surface area contributed by atoms with E-state index in [1.54, 1.807) is 0 Å². The van der Waals surface area contributed by atoms with Crippen LogP contribution >= 0.6 is 0 Å². The van der Waals surface area contributed by atoms with Gasteiger partial charge in [0.15, 0.2) is 0 Å². The van der Waals surface area contributed by atoms with Crippen LogP contribution < -0.4 is 5.32 Å². The van der Waals surface area contributed by atoms with E-state index in [-0.39, 0.29) is 1.43 Å². The maximum atomic E-state index is 3.37. The Hall–Kier alpha value is -0.0400. The molecule has 0 saturated carbocycles. The summed E-state index contributed by atoms with van der Waals surface area (Å²) in [6.07, 6.45) is 1.22. The van der Waals surface area contributed by atoms with E-state index in [1.807, 2.05) is 0 Å². The zero-order chi connectivity index (χ0) is 6.62. The second kappa shape index (κ2) is 3.08. The maximum absolute atomic E-state index is 3.37. The van der Waals surface area contributed by atoms with Crippen LogP contribution in [0.4, 0.5) is 0 Å². The van der Waals surface area contributed by atoms with E-state index in [4.69, 9.17) is 0 Å². The Morgan fingerprint density at radius 2 is 1.88 bits per heavy atom. The van der Waals surface area contributed by atoms with Gasteiger partial charge in [-0.25, -0.2) is 0 Å². The van der Waals surface area contributed by atoms with Crippen LogP contribution in [0.1, 0.15) is 35.5 Å². The first kappa shape index (κ1) is 7.96. The van der Waals surface area contributed by atoms with Gasteiger partial charge in [0.25, 0.3) is 0 Å². The average Bonchev–Trinajstić information content (AvgIpc) is 1.59. The highest BCUT2D eigenvalue weighted by molar-refractivity contribution is 4.68. The van der Waals surface area contributed by atoms with Crippen LogP contribution in [-0.2, 0) is 0 Å². The second-order valence-corrected chi connectivity index (χ2v) is 3.18. The van der Waals surface area contributed by atoms with Crippen molar-refractivity contribution >= 4 is 0 Å². The Balaban J connectivity index is 0. The largest absolute Gasteiger partial charge is 0.312 e. The molecule has 1 N–H and O–H groups in total. The summed E-state index contributed by atoms with van der Waals surface area (Å²) < 4.78 is 0. The van der Waals surface area contributed by atoms with E-state index < -0.39 is 0 Å². The smallest absolute Gasteiger partial charge is 0.00965 e. The minimum Gasteiger partial charge on any atom is -0.312 e. The molecule has 0 aromatic rings. The molecule has 0 aliphatic rings. The number of rotatable bonds is 2. The van der Waals surface area contributed by atoms with Crippen LogP contribution in [0.2, 0.25) is 0 Å². The van der Waals surface area contributed by atoms with Crippen molar-refractivity contribution in [3.05, 3.63) is 0 Å². The lowest BCUT2D eigenvalue weighted by Crippen LogP contribution is -2.36. The van der Waals surface area contributed by atoms with E-state index in [2.05, 4.69) is 33.0 Å². The normalized spacial score (nSPS) is 12.0. The Labute approximate surface area is 54.0 Å². The molecule has 8 heavy (non-hydrogen) atoms. The lowest BCUT2D eigenvalue weighted by atomic mass is 10.1. The molecule has 0 atom stereocenters. The van der Waals surface area contributed by atoms with Crippen LogP contribution in [0.15, 0.2) is 0 Å². The topological polar surface area (TPSA) is 12.0 Å². The first-order chi connectivity index (χ1) is 3.56. The molecule has 0 radical (unpaired) electrons. The van der Waals surface area contributed by atoms with Crippen molar-refractivity contribution < 1.29 is 1.43 Å². The van der Waals surface area contributed by atoms with Gasteiger partial charge in [-0.3, -0.25) is 0 Å². The fourth-order valence-electron chi connectivity index (χ4n) is 0.500.